The second kappa shape index (κ2) is 4.77. The molecule has 0 N–H and O–H groups in total. The molecule has 3 aromatic rings. The number of benzene rings is 2. The Morgan fingerprint density at radius 3 is 2.29 bits per heavy atom. The highest BCUT2D eigenvalue weighted by molar-refractivity contribution is 5.83. The van der Waals surface area contributed by atoms with Gasteiger partial charge in [-0.3, -0.25) is 4.79 Å². The predicted molar refractivity (Wildman–Crippen MR) is 72.9 cm³/mol. The molecular weight excluding hydrogens is 281 g/mol. The Balaban J connectivity index is 2.26. The Morgan fingerprint density at radius 2 is 1.62 bits per heavy atom. The first-order chi connectivity index (χ1) is 9.97. The largest absolute Gasteiger partial charge is 0.463 e. The maximum Gasteiger partial charge on any atom is 0.423 e. The lowest BCUT2D eigenvalue weighted by atomic mass is 10.0. The Kier molecular flexibility index (Phi) is 3.05. The molecule has 0 amide bonds. The average molecular weight is 290 g/mol. The molecule has 0 saturated heterocycles. The summed E-state index contributed by atoms with van der Waals surface area (Å²) >= 11 is 0. The van der Waals surface area contributed by atoms with Crippen molar-refractivity contribution in [2.24, 2.45) is 0 Å². The Hall–Kier alpha value is -2.56. The van der Waals surface area contributed by atoms with Crippen LogP contribution < -0.4 is 5.43 Å². The minimum absolute atomic E-state index is 0.0776. The van der Waals surface area contributed by atoms with Crippen molar-refractivity contribution in [3.8, 4) is 11.1 Å². The fourth-order valence-corrected chi connectivity index (χ4v) is 2.14. The van der Waals surface area contributed by atoms with Crippen LogP contribution in [0, 0.1) is 0 Å². The van der Waals surface area contributed by atoms with Gasteiger partial charge in [0.25, 0.3) is 0 Å². The van der Waals surface area contributed by atoms with Crippen molar-refractivity contribution in [2.75, 3.05) is 0 Å². The zero-order valence-corrected chi connectivity index (χ0v) is 10.6. The predicted octanol–water partition coefficient (Wildman–Crippen LogP) is 4.48. The molecule has 1 aromatic heterocycles. The zero-order chi connectivity index (χ0) is 15.0. The molecule has 21 heavy (non-hydrogen) atoms. The van der Waals surface area contributed by atoms with E-state index in [1.165, 1.54) is 12.1 Å². The fraction of sp³-hybridized carbons (Fsp3) is 0.0625. The summed E-state index contributed by atoms with van der Waals surface area (Å²) in [5, 5.41) is -0.0776. The van der Waals surface area contributed by atoms with Gasteiger partial charge in [-0.05, 0) is 23.3 Å². The molecule has 2 aromatic carbocycles. The van der Waals surface area contributed by atoms with Gasteiger partial charge in [-0.2, -0.15) is 13.2 Å². The second-order valence-corrected chi connectivity index (χ2v) is 4.55. The molecule has 3 rings (SSSR count). The van der Waals surface area contributed by atoms with E-state index in [2.05, 4.69) is 0 Å². The number of hydrogen-bond acceptors (Lipinski definition) is 2. The molecule has 2 nitrogen and oxygen atoms in total. The number of alkyl halides is 3. The SMILES string of the molecule is O=c1c(C(F)(F)F)coc2ccc(-c3ccccc3)cc12. The lowest BCUT2D eigenvalue weighted by Gasteiger charge is -2.07. The van der Waals surface area contributed by atoms with Crippen molar-refractivity contribution < 1.29 is 17.6 Å². The van der Waals surface area contributed by atoms with E-state index >= 15 is 0 Å². The minimum atomic E-state index is -4.72. The summed E-state index contributed by atoms with van der Waals surface area (Å²) in [4.78, 5) is 12.0. The van der Waals surface area contributed by atoms with Gasteiger partial charge in [-0.1, -0.05) is 36.4 Å². The molecule has 0 unspecified atom stereocenters. The molecule has 0 aliphatic heterocycles. The third-order valence-corrected chi connectivity index (χ3v) is 3.19. The fourth-order valence-electron chi connectivity index (χ4n) is 2.14. The van der Waals surface area contributed by atoms with Crippen LogP contribution in [0.2, 0.25) is 0 Å². The smallest absolute Gasteiger partial charge is 0.423 e. The topological polar surface area (TPSA) is 30.2 Å². The summed E-state index contributed by atoms with van der Waals surface area (Å²) in [5.74, 6) is 0. The normalized spacial score (nSPS) is 11.8. The molecule has 1 heterocycles. The van der Waals surface area contributed by atoms with Gasteiger partial charge >= 0.3 is 6.18 Å². The Morgan fingerprint density at radius 1 is 0.905 bits per heavy atom. The van der Waals surface area contributed by atoms with Crippen LogP contribution in [0.1, 0.15) is 5.56 Å². The van der Waals surface area contributed by atoms with E-state index < -0.39 is 17.2 Å². The van der Waals surface area contributed by atoms with Crippen molar-refractivity contribution >= 4 is 11.0 Å². The lowest BCUT2D eigenvalue weighted by Crippen LogP contribution is -2.18. The summed E-state index contributed by atoms with van der Waals surface area (Å²) in [5.41, 5.74) is -0.750. The van der Waals surface area contributed by atoms with Gasteiger partial charge in [0.05, 0.1) is 5.39 Å². The Bertz CT molecular complexity index is 849. The van der Waals surface area contributed by atoms with Crippen LogP contribution >= 0.6 is 0 Å². The molecule has 0 atom stereocenters. The van der Waals surface area contributed by atoms with E-state index in [1.54, 1.807) is 6.07 Å². The van der Waals surface area contributed by atoms with Crippen LogP contribution in [-0.2, 0) is 6.18 Å². The monoisotopic (exact) mass is 290 g/mol. The summed E-state index contributed by atoms with van der Waals surface area (Å²) in [6.45, 7) is 0. The zero-order valence-electron chi connectivity index (χ0n) is 10.6. The van der Waals surface area contributed by atoms with Gasteiger partial charge in [-0.25, -0.2) is 0 Å². The van der Waals surface area contributed by atoms with E-state index in [9.17, 15) is 18.0 Å². The van der Waals surface area contributed by atoms with Crippen molar-refractivity contribution in [3.05, 3.63) is 70.6 Å². The van der Waals surface area contributed by atoms with Crippen LogP contribution in [0.5, 0.6) is 0 Å². The van der Waals surface area contributed by atoms with E-state index in [0.717, 1.165) is 5.56 Å². The van der Waals surface area contributed by atoms with Gasteiger partial charge in [0.2, 0.25) is 5.43 Å². The van der Waals surface area contributed by atoms with Crippen molar-refractivity contribution in [3.63, 3.8) is 0 Å². The van der Waals surface area contributed by atoms with Crippen LogP contribution in [0.3, 0.4) is 0 Å². The maximum absolute atomic E-state index is 12.7. The van der Waals surface area contributed by atoms with Crippen LogP contribution in [0.15, 0.2) is 64.0 Å². The first kappa shape index (κ1) is 13.4. The van der Waals surface area contributed by atoms with Crippen LogP contribution in [-0.4, -0.2) is 0 Å². The lowest BCUT2D eigenvalue weighted by molar-refractivity contribution is -0.139. The third kappa shape index (κ3) is 2.42. The first-order valence-corrected chi connectivity index (χ1v) is 6.15. The molecule has 0 bridgehead atoms. The van der Waals surface area contributed by atoms with E-state index in [-0.39, 0.29) is 11.0 Å². The summed E-state index contributed by atoms with van der Waals surface area (Å²) in [6, 6.07) is 13.7. The molecule has 0 aliphatic rings. The maximum atomic E-state index is 12.7. The Labute approximate surface area is 117 Å². The van der Waals surface area contributed by atoms with E-state index in [0.29, 0.717) is 11.8 Å². The average Bonchev–Trinajstić information content (AvgIpc) is 2.47. The van der Waals surface area contributed by atoms with Crippen LogP contribution in [0.25, 0.3) is 22.1 Å². The molecule has 0 radical (unpaired) electrons. The highest BCUT2D eigenvalue weighted by Gasteiger charge is 2.35. The van der Waals surface area contributed by atoms with Crippen LogP contribution in [0.4, 0.5) is 13.2 Å². The molecule has 0 saturated carbocycles. The van der Waals surface area contributed by atoms with Crippen molar-refractivity contribution in [1.82, 2.24) is 0 Å². The molecule has 0 spiro atoms. The number of halogens is 3. The standard InChI is InChI=1S/C16H9F3O2/c17-16(18,19)13-9-21-14-7-6-11(8-12(14)15(13)20)10-4-2-1-3-5-10/h1-9H. The number of hydrogen-bond donors (Lipinski definition) is 0. The second-order valence-electron chi connectivity index (χ2n) is 4.55. The van der Waals surface area contributed by atoms with E-state index in [1.807, 2.05) is 30.3 Å². The van der Waals surface area contributed by atoms with Crippen molar-refractivity contribution in [1.29, 1.82) is 0 Å². The summed E-state index contributed by atoms with van der Waals surface area (Å²) in [7, 11) is 0. The van der Waals surface area contributed by atoms with Gasteiger partial charge < -0.3 is 4.42 Å². The first-order valence-electron chi connectivity index (χ1n) is 6.15. The van der Waals surface area contributed by atoms with Crippen molar-refractivity contribution in [2.45, 2.75) is 6.18 Å². The molecule has 0 fully saturated rings. The highest BCUT2D eigenvalue weighted by atomic mass is 19.4. The van der Waals surface area contributed by atoms with Gasteiger partial charge in [0.1, 0.15) is 17.4 Å². The highest BCUT2D eigenvalue weighted by Crippen LogP contribution is 2.29. The van der Waals surface area contributed by atoms with Gasteiger partial charge in [0, 0.05) is 0 Å². The quantitative estimate of drug-likeness (QED) is 0.661. The third-order valence-electron chi connectivity index (χ3n) is 3.19. The van der Waals surface area contributed by atoms with Gasteiger partial charge in [-0.15, -0.1) is 0 Å². The summed E-state index contributed by atoms with van der Waals surface area (Å²) < 4.78 is 43.1. The van der Waals surface area contributed by atoms with Gasteiger partial charge in [0.15, 0.2) is 0 Å². The van der Waals surface area contributed by atoms with E-state index in [4.69, 9.17) is 4.42 Å². The summed E-state index contributed by atoms with van der Waals surface area (Å²) in [6.07, 6.45) is -4.26. The molecule has 106 valence electrons. The molecule has 5 heteroatoms. The number of fused-ring (bicyclic) bond motifs is 1. The number of rotatable bonds is 1. The molecular formula is C16H9F3O2. The minimum Gasteiger partial charge on any atom is -0.463 e. The molecule has 0 aliphatic carbocycles.